The first-order valence-corrected chi connectivity index (χ1v) is 14.1. The summed E-state index contributed by atoms with van der Waals surface area (Å²) in [6, 6.07) is 0. The van der Waals surface area contributed by atoms with Crippen molar-refractivity contribution in [3.05, 3.63) is 16.0 Å². The molecule has 2 heterocycles. The fourth-order valence-corrected chi connectivity index (χ4v) is 9.09. The number of nitrogens with one attached hydrogen (secondary N) is 2. The molecule has 4 aliphatic carbocycles. The number of hydrogen-bond acceptors (Lipinski definition) is 7. The molecule has 184 valence electrons. The van der Waals surface area contributed by atoms with Crippen molar-refractivity contribution in [2.75, 3.05) is 11.9 Å². The molecule has 0 aromatic carbocycles. The number of aryl methyl sites for hydroxylation is 1. The first-order chi connectivity index (χ1) is 16.3. The molecule has 2 amide bonds. The van der Waals surface area contributed by atoms with E-state index in [1.165, 1.54) is 42.4 Å². The molecule has 5 aliphatic rings. The van der Waals surface area contributed by atoms with Gasteiger partial charge in [0.15, 0.2) is 5.17 Å². The minimum absolute atomic E-state index is 0.0128. The van der Waals surface area contributed by atoms with Gasteiger partial charge in [0.25, 0.3) is 0 Å². The van der Waals surface area contributed by atoms with E-state index >= 15 is 0 Å². The average molecular weight is 504 g/mol. The molecule has 34 heavy (non-hydrogen) atoms. The zero-order valence-corrected chi connectivity index (χ0v) is 21.7. The molecule has 1 aromatic heterocycles. The van der Waals surface area contributed by atoms with Crippen molar-refractivity contribution >= 4 is 51.1 Å². The van der Waals surface area contributed by atoms with E-state index in [0.717, 1.165) is 47.5 Å². The molecule has 4 saturated carbocycles. The normalized spacial score (nSPS) is 32.8. The van der Waals surface area contributed by atoms with Crippen molar-refractivity contribution in [1.82, 2.24) is 5.32 Å². The Labute approximate surface area is 208 Å². The first-order valence-electron chi connectivity index (χ1n) is 12.5. The molecule has 9 heteroatoms. The van der Waals surface area contributed by atoms with Crippen LogP contribution in [0, 0.1) is 24.7 Å². The second-order valence-corrected chi connectivity index (χ2v) is 12.7. The SMILES string of the molecule is CCOC(=O)c1c(NC(=O)CC2SC(=NC34CC5CC(CC(C5)C3)C4)NC2=O)sc(C)c1CC. The van der Waals surface area contributed by atoms with E-state index < -0.39 is 11.2 Å². The smallest absolute Gasteiger partial charge is 0.341 e. The van der Waals surface area contributed by atoms with Crippen LogP contribution in [0.5, 0.6) is 0 Å². The lowest BCUT2D eigenvalue weighted by Gasteiger charge is -2.55. The Morgan fingerprint density at radius 1 is 1.15 bits per heavy atom. The molecule has 1 aliphatic heterocycles. The van der Waals surface area contributed by atoms with Crippen molar-refractivity contribution in [3.8, 4) is 0 Å². The number of hydrogen-bond donors (Lipinski definition) is 2. The quantitative estimate of drug-likeness (QED) is 0.527. The van der Waals surface area contributed by atoms with Crippen LogP contribution in [0.2, 0.25) is 0 Å². The van der Waals surface area contributed by atoms with Gasteiger partial charge in [0, 0.05) is 11.3 Å². The number of nitrogens with zero attached hydrogens (tertiary/aromatic N) is 1. The lowest BCUT2D eigenvalue weighted by molar-refractivity contribution is -0.122. The van der Waals surface area contributed by atoms with E-state index in [9.17, 15) is 14.4 Å². The van der Waals surface area contributed by atoms with Crippen molar-refractivity contribution < 1.29 is 19.1 Å². The van der Waals surface area contributed by atoms with Crippen molar-refractivity contribution in [2.45, 2.75) is 82.9 Å². The maximum absolute atomic E-state index is 12.9. The van der Waals surface area contributed by atoms with E-state index in [2.05, 4.69) is 10.6 Å². The van der Waals surface area contributed by atoms with Crippen LogP contribution in [0.15, 0.2) is 4.99 Å². The molecular formula is C25H33N3O4S2. The van der Waals surface area contributed by atoms with Gasteiger partial charge in [-0.2, -0.15) is 0 Å². The number of esters is 1. The van der Waals surface area contributed by atoms with Gasteiger partial charge >= 0.3 is 5.97 Å². The van der Waals surface area contributed by atoms with E-state index in [1.807, 2.05) is 13.8 Å². The summed E-state index contributed by atoms with van der Waals surface area (Å²) in [5.74, 6) is 1.50. The Morgan fingerprint density at radius 2 is 1.79 bits per heavy atom. The number of ether oxygens (including phenoxy) is 1. The van der Waals surface area contributed by atoms with Crippen LogP contribution in [0.3, 0.4) is 0 Å². The van der Waals surface area contributed by atoms with E-state index in [-0.39, 0.29) is 30.4 Å². The van der Waals surface area contributed by atoms with Crippen LogP contribution in [0.4, 0.5) is 5.00 Å². The van der Waals surface area contributed by atoms with Gasteiger partial charge in [0.2, 0.25) is 11.8 Å². The highest BCUT2D eigenvalue weighted by molar-refractivity contribution is 8.15. The lowest BCUT2D eigenvalue weighted by atomic mass is 9.53. The summed E-state index contributed by atoms with van der Waals surface area (Å²) >= 11 is 2.76. The van der Waals surface area contributed by atoms with Crippen molar-refractivity contribution in [1.29, 1.82) is 0 Å². The zero-order chi connectivity index (χ0) is 24.0. The van der Waals surface area contributed by atoms with Gasteiger partial charge in [-0.05, 0) is 82.1 Å². The van der Waals surface area contributed by atoms with Gasteiger partial charge < -0.3 is 15.4 Å². The fourth-order valence-electron chi connectivity index (χ4n) is 6.87. The Balaban J connectivity index is 1.25. The highest BCUT2D eigenvalue weighted by atomic mass is 32.2. The largest absolute Gasteiger partial charge is 0.462 e. The molecule has 1 atom stereocenters. The van der Waals surface area contributed by atoms with Crippen LogP contribution >= 0.6 is 23.1 Å². The standard InChI is InChI=1S/C25H33N3O4S2/c1-4-17-13(3)33-22(20(17)23(31)32-5-2)26-19(29)9-18-21(30)27-24(34-18)28-25-10-14-6-15(11-25)8-16(7-14)12-25/h14-16,18H,4-12H2,1-3H3,(H,26,29)(H,27,28,30). The first kappa shape index (κ1) is 23.9. The third-order valence-electron chi connectivity index (χ3n) is 7.79. The predicted molar refractivity (Wildman–Crippen MR) is 135 cm³/mol. The molecule has 1 unspecified atom stereocenters. The summed E-state index contributed by atoms with van der Waals surface area (Å²) in [4.78, 5) is 44.2. The number of thioether (sulfide) groups is 1. The summed E-state index contributed by atoms with van der Waals surface area (Å²) in [7, 11) is 0. The number of carbonyl (C=O) groups is 3. The molecular weight excluding hydrogens is 470 g/mol. The minimum atomic E-state index is -0.509. The molecule has 0 radical (unpaired) electrons. The Morgan fingerprint density at radius 3 is 2.38 bits per heavy atom. The van der Waals surface area contributed by atoms with E-state index in [4.69, 9.17) is 9.73 Å². The monoisotopic (exact) mass is 503 g/mol. The summed E-state index contributed by atoms with van der Waals surface area (Å²) in [5, 5.41) is 6.49. The van der Waals surface area contributed by atoms with Crippen LogP contribution in [-0.4, -0.2) is 40.3 Å². The number of aliphatic imine (C=N–C) groups is 1. The third kappa shape index (κ3) is 4.53. The van der Waals surface area contributed by atoms with Crippen LogP contribution in [0.25, 0.3) is 0 Å². The molecule has 2 N–H and O–H groups in total. The molecule has 4 bridgehead atoms. The second-order valence-electron chi connectivity index (χ2n) is 10.3. The molecule has 0 spiro atoms. The van der Waals surface area contributed by atoms with Gasteiger partial charge in [0.05, 0.1) is 17.7 Å². The predicted octanol–water partition coefficient (Wildman–Crippen LogP) is 4.68. The van der Waals surface area contributed by atoms with Crippen LogP contribution < -0.4 is 10.6 Å². The van der Waals surface area contributed by atoms with Crippen LogP contribution in [-0.2, 0) is 20.7 Å². The van der Waals surface area contributed by atoms with Gasteiger partial charge in [-0.25, -0.2) is 4.79 Å². The number of amides is 2. The van der Waals surface area contributed by atoms with Gasteiger partial charge in [-0.1, -0.05) is 18.7 Å². The Bertz CT molecular complexity index is 1010. The number of rotatable bonds is 7. The zero-order valence-electron chi connectivity index (χ0n) is 20.1. The summed E-state index contributed by atoms with van der Waals surface area (Å²) in [5.41, 5.74) is 1.32. The van der Waals surface area contributed by atoms with Gasteiger partial charge in [-0.3, -0.25) is 14.6 Å². The maximum Gasteiger partial charge on any atom is 0.341 e. The minimum Gasteiger partial charge on any atom is -0.462 e. The molecule has 1 aromatic rings. The number of carbonyl (C=O) groups excluding carboxylic acids is 3. The fraction of sp³-hybridized carbons (Fsp3) is 0.680. The summed E-state index contributed by atoms with van der Waals surface area (Å²) in [6.45, 7) is 5.96. The maximum atomic E-state index is 12.9. The van der Waals surface area contributed by atoms with Crippen LogP contribution in [0.1, 0.15) is 79.6 Å². The summed E-state index contributed by atoms with van der Waals surface area (Å²) < 4.78 is 5.22. The molecule has 1 saturated heterocycles. The molecule has 7 nitrogen and oxygen atoms in total. The highest BCUT2D eigenvalue weighted by Crippen LogP contribution is 2.57. The molecule has 5 fully saturated rings. The summed E-state index contributed by atoms with van der Waals surface area (Å²) in [6.07, 6.45) is 8.18. The topological polar surface area (TPSA) is 96.9 Å². The Hall–Kier alpha value is -1.87. The van der Waals surface area contributed by atoms with E-state index in [1.54, 1.807) is 6.92 Å². The Kier molecular flexibility index (Phi) is 6.52. The number of amidine groups is 1. The van der Waals surface area contributed by atoms with Crippen molar-refractivity contribution in [3.63, 3.8) is 0 Å². The highest BCUT2D eigenvalue weighted by Gasteiger charge is 2.51. The third-order valence-corrected chi connectivity index (χ3v) is 9.93. The van der Waals surface area contributed by atoms with E-state index in [0.29, 0.717) is 22.2 Å². The van der Waals surface area contributed by atoms with Crippen molar-refractivity contribution in [2.24, 2.45) is 22.7 Å². The lowest BCUT2D eigenvalue weighted by Crippen LogP contribution is -2.50. The van der Waals surface area contributed by atoms with Gasteiger partial charge in [-0.15, -0.1) is 11.3 Å². The molecule has 6 rings (SSSR count). The average Bonchev–Trinajstić information content (AvgIpc) is 3.24. The number of anilines is 1. The number of thiophene rings is 1. The second kappa shape index (κ2) is 9.30. The van der Waals surface area contributed by atoms with Gasteiger partial charge in [0.1, 0.15) is 10.3 Å².